The Bertz CT molecular complexity index is 1290. The van der Waals surface area contributed by atoms with Gasteiger partial charge in [-0.3, -0.25) is 19.3 Å². The maximum absolute atomic E-state index is 12.3. The summed E-state index contributed by atoms with van der Waals surface area (Å²) in [5.74, 6) is -0.643. The zero-order valence-corrected chi connectivity index (χ0v) is 20.1. The van der Waals surface area contributed by atoms with Crippen LogP contribution in [0.25, 0.3) is 0 Å². The predicted octanol–water partition coefficient (Wildman–Crippen LogP) is 3.45. The minimum Gasteiger partial charge on any atom is -0.423 e. The van der Waals surface area contributed by atoms with E-state index in [9.17, 15) is 14.4 Å². The van der Waals surface area contributed by atoms with Crippen LogP contribution < -0.4 is 21.1 Å². The van der Waals surface area contributed by atoms with Gasteiger partial charge in [-0.25, -0.2) is 4.98 Å². The minimum atomic E-state index is -0.463. The summed E-state index contributed by atoms with van der Waals surface area (Å²) in [6.45, 7) is 1.78. The third-order valence-corrected chi connectivity index (χ3v) is 5.52. The molecule has 0 atom stereocenters. The first kappa shape index (κ1) is 25.5. The molecule has 1 aliphatic heterocycles. The van der Waals surface area contributed by atoms with Gasteiger partial charge >= 0.3 is 5.97 Å². The Hall–Kier alpha value is -4.64. The van der Waals surface area contributed by atoms with Gasteiger partial charge in [-0.05, 0) is 62.3 Å². The number of para-hydroxylation sites is 1. The van der Waals surface area contributed by atoms with E-state index in [-0.39, 0.29) is 42.3 Å². The second kappa shape index (κ2) is 12.4. The van der Waals surface area contributed by atoms with E-state index in [2.05, 4.69) is 30.7 Å². The number of likely N-dealkylation sites (tertiary alicyclic amines) is 1. The number of pyridine rings is 1. The van der Waals surface area contributed by atoms with Crippen molar-refractivity contribution in [3.63, 3.8) is 0 Å². The van der Waals surface area contributed by atoms with Crippen LogP contribution in [0.2, 0.25) is 0 Å². The van der Waals surface area contributed by atoms with E-state index in [1.807, 2.05) is 0 Å². The summed E-state index contributed by atoms with van der Waals surface area (Å²) in [5, 5.41) is 13.4. The lowest BCUT2D eigenvalue weighted by Crippen LogP contribution is -2.33. The number of carbonyl (C=O) groups excluding carboxylic acids is 3. The highest BCUT2D eigenvalue weighted by Gasteiger charge is 2.17. The standard InChI is InChI=1S/C26H27N7O4/c27-25-20(12-13-22(30-25)29-23(34)16-28-26(36)18-8-2-1-3-9-18)32-31-19-10-4-5-11-21(19)37-24(35)17-33-14-6-7-15-33/h1-5,8-13H,6-7,14-17H2,(H,28,36)(H3,27,29,30,34)/b32-31+. The first-order valence-corrected chi connectivity index (χ1v) is 11.8. The number of esters is 1. The average molecular weight is 502 g/mol. The molecule has 0 unspecified atom stereocenters. The minimum absolute atomic E-state index is 0.0402. The molecule has 4 N–H and O–H groups in total. The van der Waals surface area contributed by atoms with Crippen LogP contribution >= 0.6 is 0 Å². The number of aromatic nitrogens is 1. The summed E-state index contributed by atoms with van der Waals surface area (Å²) >= 11 is 0. The number of benzene rings is 2. The van der Waals surface area contributed by atoms with Gasteiger partial charge in [0.2, 0.25) is 5.91 Å². The van der Waals surface area contributed by atoms with Crippen LogP contribution in [0.5, 0.6) is 5.75 Å². The van der Waals surface area contributed by atoms with E-state index < -0.39 is 5.91 Å². The molecule has 0 radical (unpaired) electrons. The zero-order valence-electron chi connectivity index (χ0n) is 20.1. The second-order valence-electron chi connectivity index (χ2n) is 8.32. The van der Waals surface area contributed by atoms with Crippen molar-refractivity contribution in [2.75, 3.05) is 37.2 Å². The number of rotatable bonds is 9. The van der Waals surface area contributed by atoms with Crippen molar-refractivity contribution in [1.82, 2.24) is 15.2 Å². The number of nitrogen functional groups attached to an aromatic ring is 1. The Kier molecular flexibility index (Phi) is 8.50. The summed E-state index contributed by atoms with van der Waals surface area (Å²) in [6.07, 6.45) is 2.17. The first-order valence-electron chi connectivity index (χ1n) is 11.8. The summed E-state index contributed by atoms with van der Waals surface area (Å²) in [7, 11) is 0. The van der Waals surface area contributed by atoms with Gasteiger partial charge in [-0.2, -0.15) is 0 Å². The van der Waals surface area contributed by atoms with Crippen LogP contribution in [0.15, 0.2) is 77.0 Å². The molecule has 1 aromatic heterocycles. The number of nitrogens with two attached hydrogens (primary N) is 1. The van der Waals surface area contributed by atoms with Crippen molar-refractivity contribution in [2.24, 2.45) is 10.2 Å². The molecule has 11 heteroatoms. The van der Waals surface area contributed by atoms with Gasteiger partial charge in [-0.1, -0.05) is 30.3 Å². The van der Waals surface area contributed by atoms with Gasteiger partial charge in [0.1, 0.15) is 17.2 Å². The molecule has 2 aromatic carbocycles. The molecule has 4 rings (SSSR count). The molecule has 2 heterocycles. The summed E-state index contributed by atoms with van der Waals surface area (Å²) < 4.78 is 5.50. The number of hydrogen-bond acceptors (Lipinski definition) is 9. The lowest BCUT2D eigenvalue weighted by molar-refractivity contribution is -0.135. The number of nitrogens with one attached hydrogen (secondary N) is 2. The van der Waals surface area contributed by atoms with E-state index >= 15 is 0 Å². The van der Waals surface area contributed by atoms with E-state index in [1.165, 1.54) is 6.07 Å². The highest BCUT2D eigenvalue weighted by Crippen LogP contribution is 2.30. The fourth-order valence-electron chi connectivity index (χ4n) is 3.67. The van der Waals surface area contributed by atoms with Gasteiger partial charge in [0.05, 0.1) is 13.1 Å². The Balaban J connectivity index is 1.33. The molecule has 0 bridgehead atoms. The van der Waals surface area contributed by atoms with Gasteiger partial charge in [0.25, 0.3) is 5.91 Å². The predicted molar refractivity (Wildman–Crippen MR) is 138 cm³/mol. The number of azo groups is 1. The summed E-state index contributed by atoms with van der Waals surface area (Å²) in [6, 6.07) is 18.5. The second-order valence-corrected chi connectivity index (χ2v) is 8.32. The van der Waals surface area contributed by atoms with Crippen LogP contribution in [0.3, 0.4) is 0 Å². The summed E-state index contributed by atoms with van der Waals surface area (Å²) in [5.41, 5.74) is 7.08. The maximum atomic E-state index is 12.3. The molecule has 1 aliphatic rings. The maximum Gasteiger partial charge on any atom is 0.325 e. The number of amides is 2. The lowest BCUT2D eigenvalue weighted by atomic mass is 10.2. The Morgan fingerprint density at radius 2 is 1.62 bits per heavy atom. The highest BCUT2D eigenvalue weighted by molar-refractivity contribution is 5.99. The van der Waals surface area contributed by atoms with Crippen molar-refractivity contribution in [2.45, 2.75) is 12.8 Å². The topological polar surface area (TPSA) is 151 Å². The molecule has 11 nitrogen and oxygen atoms in total. The number of anilines is 2. The molecule has 0 saturated carbocycles. The van der Waals surface area contributed by atoms with Crippen molar-refractivity contribution < 1.29 is 19.1 Å². The Labute approximate surface area is 213 Å². The van der Waals surface area contributed by atoms with Gasteiger partial charge < -0.3 is 21.1 Å². The SMILES string of the molecule is Nc1nc(NC(=O)CNC(=O)c2ccccc2)ccc1/N=N/c1ccccc1OC(=O)CN1CCCC1. The van der Waals surface area contributed by atoms with Crippen molar-refractivity contribution >= 4 is 40.8 Å². The average Bonchev–Trinajstić information content (AvgIpc) is 3.41. The lowest BCUT2D eigenvalue weighted by Gasteiger charge is -2.13. The van der Waals surface area contributed by atoms with Gasteiger partial charge in [0, 0.05) is 5.56 Å². The van der Waals surface area contributed by atoms with Crippen LogP contribution in [-0.4, -0.2) is 53.8 Å². The quantitative estimate of drug-likeness (QED) is 0.231. The monoisotopic (exact) mass is 501 g/mol. The van der Waals surface area contributed by atoms with E-state index in [0.717, 1.165) is 25.9 Å². The Morgan fingerprint density at radius 3 is 2.38 bits per heavy atom. The molecular formula is C26H27N7O4. The number of carbonyl (C=O) groups is 3. The molecule has 190 valence electrons. The van der Waals surface area contributed by atoms with Crippen molar-refractivity contribution in [1.29, 1.82) is 0 Å². The van der Waals surface area contributed by atoms with Crippen molar-refractivity contribution in [3.8, 4) is 5.75 Å². The van der Waals surface area contributed by atoms with Crippen LogP contribution in [0, 0.1) is 0 Å². The smallest absolute Gasteiger partial charge is 0.325 e. The summed E-state index contributed by atoms with van der Waals surface area (Å²) in [4.78, 5) is 42.8. The largest absolute Gasteiger partial charge is 0.423 e. The fourth-order valence-corrected chi connectivity index (χ4v) is 3.67. The molecule has 2 amide bonds. The highest BCUT2D eigenvalue weighted by atomic mass is 16.5. The molecule has 37 heavy (non-hydrogen) atoms. The molecule has 1 fully saturated rings. The normalized spacial score (nSPS) is 13.4. The van der Waals surface area contributed by atoms with E-state index in [0.29, 0.717) is 17.0 Å². The van der Waals surface area contributed by atoms with Crippen LogP contribution in [0.4, 0.5) is 23.0 Å². The molecule has 0 aliphatic carbocycles. The third kappa shape index (κ3) is 7.42. The van der Waals surface area contributed by atoms with E-state index in [1.54, 1.807) is 60.7 Å². The molecule has 1 saturated heterocycles. The van der Waals surface area contributed by atoms with Gasteiger partial charge in [0.15, 0.2) is 11.6 Å². The number of nitrogens with zero attached hydrogens (tertiary/aromatic N) is 4. The number of ether oxygens (including phenoxy) is 1. The van der Waals surface area contributed by atoms with Gasteiger partial charge in [-0.15, -0.1) is 10.2 Å². The van der Waals surface area contributed by atoms with E-state index in [4.69, 9.17) is 10.5 Å². The molecule has 0 spiro atoms. The fraction of sp³-hybridized carbons (Fsp3) is 0.231. The number of hydrogen-bond donors (Lipinski definition) is 3. The van der Waals surface area contributed by atoms with Crippen LogP contribution in [0.1, 0.15) is 23.2 Å². The molecular weight excluding hydrogens is 474 g/mol. The molecule has 3 aromatic rings. The first-order chi connectivity index (χ1) is 18.0. The third-order valence-electron chi connectivity index (χ3n) is 5.52. The van der Waals surface area contributed by atoms with Crippen LogP contribution in [-0.2, 0) is 9.59 Å². The van der Waals surface area contributed by atoms with Crippen molar-refractivity contribution in [3.05, 3.63) is 72.3 Å². The zero-order chi connectivity index (χ0) is 26.0. The Morgan fingerprint density at radius 1 is 0.919 bits per heavy atom.